The monoisotopic (exact) mass is 421 g/mol. The Hall–Kier alpha value is -1.42. The lowest BCUT2D eigenvalue weighted by Crippen LogP contribution is -2.62. The predicted octanol–water partition coefficient (Wildman–Crippen LogP) is 3.86. The molecule has 4 unspecified atom stereocenters. The molecular formula is C22H35N3O3S. The minimum Gasteiger partial charge on any atom is -0.444 e. The number of nitriles is 1. The maximum Gasteiger partial charge on any atom is 0.411 e. The normalized spacial score (nSPS) is 35.0. The molecule has 3 aliphatic carbocycles. The lowest BCUT2D eigenvalue weighted by atomic mass is 9.65. The average Bonchev–Trinajstić information content (AvgIpc) is 3.35. The molecule has 2 bridgehead atoms. The lowest BCUT2D eigenvalue weighted by Gasteiger charge is -2.53. The topological polar surface area (TPSA) is 73.6 Å². The van der Waals surface area contributed by atoms with E-state index in [0.717, 1.165) is 45.2 Å². The molecule has 0 N–H and O–H groups in total. The van der Waals surface area contributed by atoms with Crippen molar-refractivity contribution in [2.45, 2.75) is 82.1 Å². The zero-order chi connectivity index (χ0) is 21.4. The van der Waals surface area contributed by atoms with Gasteiger partial charge in [0.2, 0.25) is 5.91 Å². The van der Waals surface area contributed by atoms with E-state index < -0.39 is 5.60 Å². The molecule has 162 valence electrons. The minimum absolute atomic E-state index is 0.0772. The van der Waals surface area contributed by atoms with Crippen molar-refractivity contribution in [2.24, 2.45) is 17.8 Å². The molecule has 6 nitrogen and oxygen atoms in total. The van der Waals surface area contributed by atoms with E-state index in [9.17, 15) is 9.59 Å². The molecule has 4 aliphatic rings. The maximum absolute atomic E-state index is 13.3. The van der Waals surface area contributed by atoms with E-state index >= 15 is 0 Å². The second-order valence-electron chi connectivity index (χ2n) is 10.3. The quantitative estimate of drug-likeness (QED) is 0.702. The van der Waals surface area contributed by atoms with Crippen molar-refractivity contribution < 1.29 is 14.3 Å². The molecule has 0 aromatic rings. The highest BCUT2D eigenvalue weighted by molar-refractivity contribution is 7.80. The Morgan fingerprint density at radius 2 is 1.83 bits per heavy atom. The number of hydrogen-bond acceptors (Lipinski definition) is 5. The fraction of sp³-hybridized carbons (Fsp3) is 0.864. The number of carbonyl (C=O) groups is 2. The number of carbonyl (C=O) groups excluding carboxylic acids is 2. The summed E-state index contributed by atoms with van der Waals surface area (Å²) in [6.45, 7) is 11.0. The standard InChI is InChI=1S/C21H34N2O3S.CHN/c1-20(2,3)26-19(25)23(13-18(24)22-6-4-5-7-22)21-11-14-8-15(17(21)9-14)10-16(27)12-21;1-2/h14-17,27H,4-13H2,1-3H3;1H/t14?,15?,16-,17?,21?;/m1./s1. The maximum atomic E-state index is 13.3. The highest BCUT2D eigenvalue weighted by Gasteiger charge is 2.62. The second-order valence-corrected chi connectivity index (χ2v) is 11.0. The summed E-state index contributed by atoms with van der Waals surface area (Å²) in [5.41, 5.74) is -0.801. The van der Waals surface area contributed by atoms with Crippen molar-refractivity contribution in [2.75, 3.05) is 19.6 Å². The van der Waals surface area contributed by atoms with Gasteiger partial charge in [-0.2, -0.15) is 12.6 Å². The fourth-order valence-corrected chi connectivity index (χ4v) is 6.98. The molecule has 4 fully saturated rings. The van der Waals surface area contributed by atoms with E-state index in [1.165, 1.54) is 12.8 Å². The molecule has 29 heavy (non-hydrogen) atoms. The van der Waals surface area contributed by atoms with Crippen LogP contribution in [-0.2, 0) is 9.53 Å². The Labute approximate surface area is 180 Å². The zero-order valence-electron chi connectivity index (χ0n) is 18.0. The Kier molecular flexibility index (Phi) is 6.43. The molecule has 0 aromatic carbocycles. The van der Waals surface area contributed by atoms with Gasteiger partial charge in [-0.3, -0.25) is 9.69 Å². The molecule has 1 saturated heterocycles. The van der Waals surface area contributed by atoms with Gasteiger partial charge in [-0.15, -0.1) is 0 Å². The third-order valence-corrected chi connectivity index (χ3v) is 7.59. The van der Waals surface area contributed by atoms with E-state index in [1.807, 2.05) is 30.6 Å². The van der Waals surface area contributed by atoms with Gasteiger partial charge in [-0.05, 0) is 83.5 Å². The summed E-state index contributed by atoms with van der Waals surface area (Å²) in [5, 5.41) is 6.80. The van der Waals surface area contributed by atoms with Crippen LogP contribution < -0.4 is 0 Å². The van der Waals surface area contributed by atoms with Gasteiger partial charge in [-0.25, -0.2) is 10.1 Å². The van der Waals surface area contributed by atoms with Crippen LogP contribution in [0.1, 0.15) is 65.7 Å². The van der Waals surface area contributed by atoms with Crippen LogP contribution in [0.3, 0.4) is 0 Å². The first kappa shape index (κ1) is 22.3. The van der Waals surface area contributed by atoms with Crippen LogP contribution >= 0.6 is 12.6 Å². The van der Waals surface area contributed by atoms with Gasteiger partial charge in [0.05, 0.1) is 5.54 Å². The summed E-state index contributed by atoms with van der Waals surface area (Å²) < 4.78 is 5.80. The zero-order valence-corrected chi connectivity index (χ0v) is 18.9. The van der Waals surface area contributed by atoms with Crippen molar-refractivity contribution in [1.82, 2.24) is 9.80 Å². The Balaban J connectivity index is 0.00000117. The van der Waals surface area contributed by atoms with E-state index in [-0.39, 0.29) is 24.1 Å². The van der Waals surface area contributed by atoms with Gasteiger partial charge in [0, 0.05) is 24.9 Å². The highest BCUT2D eigenvalue weighted by atomic mass is 32.1. The molecule has 1 aliphatic heterocycles. The fourth-order valence-electron chi connectivity index (χ4n) is 6.40. The van der Waals surface area contributed by atoms with Crippen LogP contribution in [0.15, 0.2) is 0 Å². The highest BCUT2D eigenvalue weighted by Crippen LogP contribution is 2.62. The molecule has 7 heteroatoms. The predicted molar refractivity (Wildman–Crippen MR) is 114 cm³/mol. The molecule has 3 saturated carbocycles. The van der Waals surface area contributed by atoms with Crippen molar-refractivity contribution >= 4 is 24.6 Å². The average molecular weight is 422 g/mol. The van der Waals surface area contributed by atoms with Gasteiger partial charge in [0.25, 0.3) is 0 Å². The van der Waals surface area contributed by atoms with Crippen molar-refractivity contribution in [3.63, 3.8) is 0 Å². The Morgan fingerprint density at radius 3 is 2.41 bits per heavy atom. The van der Waals surface area contributed by atoms with E-state index in [1.54, 1.807) is 0 Å². The van der Waals surface area contributed by atoms with Crippen LogP contribution in [0.5, 0.6) is 0 Å². The van der Waals surface area contributed by atoms with Crippen LogP contribution in [0.25, 0.3) is 0 Å². The van der Waals surface area contributed by atoms with Crippen molar-refractivity contribution in [3.05, 3.63) is 0 Å². The van der Waals surface area contributed by atoms with Crippen molar-refractivity contribution in [3.8, 4) is 6.57 Å². The first-order valence-corrected chi connectivity index (χ1v) is 11.4. The van der Waals surface area contributed by atoms with Gasteiger partial charge in [0.15, 0.2) is 0 Å². The first-order chi connectivity index (χ1) is 13.7. The van der Waals surface area contributed by atoms with Crippen molar-refractivity contribution in [1.29, 1.82) is 5.26 Å². The molecular weight excluding hydrogens is 386 g/mol. The third kappa shape index (κ3) is 4.38. The van der Waals surface area contributed by atoms with Gasteiger partial charge < -0.3 is 9.64 Å². The van der Waals surface area contributed by atoms with Crippen LogP contribution in [0, 0.1) is 29.6 Å². The molecule has 0 aromatic heterocycles. The molecule has 0 radical (unpaired) electrons. The molecule has 1 heterocycles. The summed E-state index contributed by atoms with van der Waals surface area (Å²) in [4.78, 5) is 30.0. The summed E-state index contributed by atoms with van der Waals surface area (Å²) in [6.07, 6.45) is 7.33. The largest absolute Gasteiger partial charge is 0.444 e. The number of rotatable bonds is 3. The third-order valence-electron chi connectivity index (χ3n) is 7.19. The SMILES string of the molecule is C#N.CC(C)(C)OC(=O)N(CC(=O)N1CCCC1)C12CC3CC(C[C@@H](S)C1)C2C3. The van der Waals surface area contributed by atoms with E-state index in [4.69, 9.17) is 22.6 Å². The van der Waals surface area contributed by atoms with E-state index in [2.05, 4.69) is 6.57 Å². The molecule has 4 rings (SSSR count). The smallest absolute Gasteiger partial charge is 0.411 e. The number of fused-ring (bicyclic) bond motifs is 1. The number of nitrogens with zero attached hydrogens (tertiary/aromatic N) is 3. The summed E-state index contributed by atoms with van der Waals surface area (Å²) >= 11 is 4.83. The summed E-state index contributed by atoms with van der Waals surface area (Å²) in [6, 6.07) is 0. The second kappa shape index (κ2) is 8.37. The Bertz CT molecular complexity index is 655. The number of likely N-dealkylation sites (tertiary alicyclic amines) is 1. The summed E-state index contributed by atoms with van der Waals surface area (Å²) in [5.74, 6) is 1.91. The summed E-state index contributed by atoms with van der Waals surface area (Å²) in [7, 11) is 0. The van der Waals surface area contributed by atoms with Crippen LogP contribution in [0.4, 0.5) is 4.79 Å². The van der Waals surface area contributed by atoms with Crippen LogP contribution in [0.2, 0.25) is 0 Å². The lowest BCUT2D eigenvalue weighted by molar-refractivity contribution is -0.135. The number of amides is 2. The Morgan fingerprint density at radius 1 is 1.17 bits per heavy atom. The molecule has 5 atom stereocenters. The minimum atomic E-state index is -0.561. The first-order valence-electron chi connectivity index (χ1n) is 10.9. The number of hydrogen-bond donors (Lipinski definition) is 1. The number of thiol groups is 1. The molecule has 0 spiro atoms. The van der Waals surface area contributed by atoms with Gasteiger partial charge >= 0.3 is 6.09 Å². The number of ether oxygens (including phenoxy) is 1. The van der Waals surface area contributed by atoms with Gasteiger partial charge in [-0.1, -0.05) is 0 Å². The van der Waals surface area contributed by atoms with Gasteiger partial charge in [0.1, 0.15) is 12.1 Å². The van der Waals surface area contributed by atoms with Crippen LogP contribution in [-0.4, -0.2) is 57.8 Å². The molecule has 2 amide bonds. The van der Waals surface area contributed by atoms with E-state index in [0.29, 0.717) is 23.0 Å².